The van der Waals surface area contributed by atoms with E-state index in [2.05, 4.69) is 15.9 Å². The lowest BCUT2D eigenvalue weighted by molar-refractivity contribution is -0.154. The molecule has 0 N–H and O–H groups in total. The predicted octanol–water partition coefficient (Wildman–Crippen LogP) is 1.64. The van der Waals surface area contributed by atoms with Crippen molar-refractivity contribution < 1.29 is 19.1 Å². The highest BCUT2D eigenvalue weighted by Crippen LogP contribution is 2.45. The maximum absolute atomic E-state index is 11.7. The summed E-state index contributed by atoms with van der Waals surface area (Å²) < 4.78 is 10.9. The van der Waals surface area contributed by atoms with Crippen molar-refractivity contribution in [1.82, 2.24) is 0 Å². The van der Waals surface area contributed by atoms with Crippen molar-refractivity contribution in [2.45, 2.75) is 19.4 Å². The van der Waals surface area contributed by atoms with Gasteiger partial charge in [-0.25, -0.2) is 0 Å². The third-order valence-corrected chi connectivity index (χ3v) is 4.14. The molecular formula is C11H13BrO4. The van der Waals surface area contributed by atoms with Gasteiger partial charge in [-0.05, 0) is 17.8 Å². The van der Waals surface area contributed by atoms with E-state index in [-0.39, 0.29) is 24.0 Å². The second-order valence-electron chi connectivity index (χ2n) is 4.15. The van der Waals surface area contributed by atoms with E-state index in [0.29, 0.717) is 6.42 Å². The number of esters is 2. The van der Waals surface area contributed by atoms with Crippen LogP contribution in [0.1, 0.15) is 13.3 Å². The number of halogens is 1. The van der Waals surface area contributed by atoms with Crippen LogP contribution in [0.15, 0.2) is 10.6 Å². The molecule has 2 aliphatic rings. The fourth-order valence-electron chi connectivity index (χ4n) is 2.50. The van der Waals surface area contributed by atoms with Crippen LogP contribution < -0.4 is 0 Å². The van der Waals surface area contributed by atoms with Crippen LogP contribution in [0.3, 0.4) is 0 Å². The number of hydrogen-bond donors (Lipinski definition) is 0. The van der Waals surface area contributed by atoms with Gasteiger partial charge in [-0.15, -0.1) is 0 Å². The molecule has 0 amide bonds. The Morgan fingerprint density at radius 1 is 1.56 bits per heavy atom. The summed E-state index contributed by atoms with van der Waals surface area (Å²) in [6.07, 6.45) is 2.27. The molecule has 88 valence electrons. The SMILES string of the molecule is COC(=O)[C@H]1CC=C(Br)[C@@H]2[C@@H]1C(=O)O[C@H]2C. The van der Waals surface area contributed by atoms with Crippen LogP contribution in [-0.4, -0.2) is 25.2 Å². The topological polar surface area (TPSA) is 52.6 Å². The van der Waals surface area contributed by atoms with Crippen LogP contribution >= 0.6 is 15.9 Å². The summed E-state index contributed by atoms with van der Waals surface area (Å²) in [5.41, 5.74) is 0. The normalized spacial score (nSPS) is 37.4. The first kappa shape index (κ1) is 11.6. The van der Waals surface area contributed by atoms with Crippen molar-refractivity contribution in [2.75, 3.05) is 7.11 Å². The average Bonchev–Trinajstić information content (AvgIpc) is 2.55. The molecule has 4 nitrogen and oxygen atoms in total. The van der Waals surface area contributed by atoms with E-state index in [1.807, 2.05) is 13.0 Å². The van der Waals surface area contributed by atoms with E-state index in [0.717, 1.165) is 4.48 Å². The number of allylic oxidation sites excluding steroid dienone is 1. The van der Waals surface area contributed by atoms with E-state index in [1.165, 1.54) is 7.11 Å². The van der Waals surface area contributed by atoms with Gasteiger partial charge in [0.2, 0.25) is 0 Å². The first-order valence-electron chi connectivity index (χ1n) is 5.20. The molecule has 4 atom stereocenters. The van der Waals surface area contributed by atoms with Crippen LogP contribution in [0.2, 0.25) is 0 Å². The minimum Gasteiger partial charge on any atom is -0.469 e. The summed E-state index contributed by atoms with van der Waals surface area (Å²) >= 11 is 3.44. The van der Waals surface area contributed by atoms with Crippen LogP contribution in [0.5, 0.6) is 0 Å². The standard InChI is InChI=1S/C11H13BrO4/c1-5-8-7(12)4-3-6(10(13)15-2)9(8)11(14)16-5/h4-6,8-9H,3H2,1-2H3/t5-,6-,8+,9+/m0/s1. The quantitative estimate of drug-likeness (QED) is 0.689. The van der Waals surface area contributed by atoms with Gasteiger partial charge < -0.3 is 9.47 Å². The van der Waals surface area contributed by atoms with Gasteiger partial charge in [0.05, 0.1) is 18.9 Å². The molecule has 1 fully saturated rings. The Labute approximate surface area is 102 Å². The maximum atomic E-state index is 11.7. The zero-order valence-electron chi connectivity index (χ0n) is 9.10. The molecule has 0 radical (unpaired) electrons. The Morgan fingerprint density at radius 2 is 2.25 bits per heavy atom. The Morgan fingerprint density at radius 3 is 2.88 bits per heavy atom. The van der Waals surface area contributed by atoms with Gasteiger partial charge in [-0.1, -0.05) is 22.0 Å². The highest BCUT2D eigenvalue weighted by molar-refractivity contribution is 9.11. The van der Waals surface area contributed by atoms with Gasteiger partial charge in [0.25, 0.3) is 0 Å². The number of ether oxygens (including phenoxy) is 2. The summed E-state index contributed by atoms with van der Waals surface area (Å²) in [5.74, 6) is -1.49. The molecule has 2 rings (SSSR count). The number of fused-ring (bicyclic) bond motifs is 1. The van der Waals surface area contributed by atoms with Crippen molar-refractivity contribution in [3.63, 3.8) is 0 Å². The van der Waals surface area contributed by atoms with E-state index in [9.17, 15) is 9.59 Å². The minimum atomic E-state index is -0.409. The molecule has 5 heteroatoms. The summed E-state index contributed by atoms with van der Waals surface area (Å²) in [6, 6.07) is 0. The molecule has 1 heterocycles. The fourth-order valence-corrected chi connectivity index (χ4v) is 3.34. The zero-order valence-corrected chi connectivity index (χ0v) is 10.7. The largest absolute Gasteiger partial charge is 0.469 e. The number of rotatable bonds is 1. The summed E-state index contributed by atoms with van der Waals surface area (Å²) in [6.45, 7) is 1.84. The molecule has 1 aliphatic carbocycles. The van der Waals surface area contributed by atoms with Gasteiger partial charge in [0.15, 0.2) is 0 Å². The van der Waals surface area contributed by atoms with Crippen LogP contribution in [0.4, 0.5) is 0 Å². The maximum Gasteiger partial charge on any atom is 0.310 e. The van der Waals surface area contributed by atoms with Crippen molar-refractivity contribution >= 4 is 27.9 Å². The Kier molecular flexibility index (Phi) is 3.06. The highest BCUT2D eigenvalue weighted by Gasteiger charge is 2.51. The van der Waals surface area contributed by atoms with E-state index in [4.69, 9.17) is 9.47 Å². The number of carbonyl (C=O) groups excluding carboxylic acids is 2. The van der Waals surface area contributed by atoms with Crippen molar-refractivity contribution in [3.05, 3.63) is 10.6 Å². The molecule has 16 heavy (non-hydrogen) atoms. The van der Waals surface area contributed by atoms with Gasteiger partial charge in [-0.2, -0.15) is 0 Å². The second-order valence-corrected chi connectivity index (χ2v) is 5.06. The van der Waals surface area contributed by atoms with Crippen LogP contribution in [0.25, 0.3) is 0 Å². The molecular weight excluding hydrogens is 276 g/mol. The summed E-state index contributed by atoms with van der Waals surface area (Å²) in [7, 11) is 1.34. The zero-order chi connectivity index (χ0) is 11.9. The lowest BCUT2D eigenvalue weighted by Crippen LogP contribution is -2.35. The molecule has 0 saturated carbocycles. The van der Waals surface area contributed by atoms with Crippen LogP contribution in [0, 0.1) is 17.8 Å². The molecule has 0 spiro atoms. The second kappa shape index (κ2) is 4.20. The van der Waals surface area contributed by atoms with Crippen molar-refractivity contribution in [2.24, 2.45) is 17.8 Å². The average molecular weight is 289 g/mol. The Hall–Kier alpha value is -0.840. The number of carbonyl (C=O) groups is 2. The molecule has 1 aliphatic heterocycles. The molecule has 0 bridgehead atoms. The third-order valence-electron chi connectivity index (χ3n) is 3.29. The lowest BCUT2D eigenvalue weighted by atomic mass is 9.75. The summed E-state index contributed by atoms with van der Waals surface area (Å²) in [4.78, 5) is 23.3. The van der Waals surface area contributed by atoms with Gasteiger partial charge in [0, 0.05) is 5.92 Å². The molecule has 0 aromatic heterocycles. The van der Waals surface area contributed by atoms with E-state index < -0.39 is 11.8 Å². The van der Waals surface area contributed by atoms with Gasteiger partial charge in [0.1, 0.15) is 6.10 Å². The third kappa shape index (κ3) is 1.67. The van der Waals surface area contributed by atoms with Crippen LogP contribution in [-0.2, 0) is 19.1 Å². The summed E-state index contributed by atoms with van der Waals surface area (Å²) in [5, 5.41) is 0. The first-order chi connectivity index (χ1) is 7.56. The molecule has 0 aromatic carbocycles. The lowest BCUT2D eigenvalue weighted by Gasteiger charge is -2.28. The van der Waals surface area contributed by atoms with E-state index in [1.54, 1.807) is 0 Å². The predicted molar refractivity (Wildman–Crippen MR) is 59.7 cm³/mol. The Balaban J connectivity index is 2.33. The van der Waals surface area contributed by atoms with Crippen molar-refractivity contribution in [3.8, 4) is 0 Å². The van der Waals surface area contributed by atoms with E-state index >= 15 is 0 Å². The molecule has 1 saturated heterocycles. The first-order valence-corrected chi connectivity index (χ1v) is 5.99. The molecule has 0 unspecified atom stereocenters. The number of cyclic esters (lactones) is 1. The Bertz CT molecular complexity index is 363. The fraction of sp³-hybridized carbons (Fsp3) is 0.636. The highest BCUT2D eigenvalue weighted by atomic mass is 79.9. The number of hydrogen-bond acceptors (Lipinski definition) is 4. The number of methoxy groups -OCH3 is 1. The van der Waals surface area contributed by atoms with Gasteiger partial charge in [-0.3, -0.25) is 9.59 Å². The van der Waals surface area contributed by atoms with Gasteiger partial charge >= 0.3 is 11.9 Å². The molecule has 0 aromatic rings. The minimum absolute atomic E-state index is 0.0506. The monoisotopic (exact) mass is 288 g/mol. The smallest absolute Gasteiger partial charge is 0.310 e. The van der Waals surface area contributed by atoms with Crippen molar-refractivity contribution in [1.29, 1.82) is 0 Å².